The number of phenols is 1. The fourth-order valence-corrected chi connectivity index (χ4v) is 6.48. The summed E-state index contributed by atoms with van der Waals surface area (Å²) in [5.74, 6) is -0.221. The lowest BCUT2D eigenvalue weighted by Crippen LogP contribution is -2.48. The van der Waals surface area contributed by atoms with Crippen molar-refractivity contribution in [1.29, 1.82) is 0 Å². The van der Waals surface area contributed by atoms with Crippen LogP contribution in [0.25, 0.3) is 16.5 Å². The molecule has 5 aromatic rings. The number of pyridine rings is 1. The molecule has 2 amide bonds. The van der Waals surface area contributed by atoms with Gasteiger partial charge in [0.25, 0.3) is 5.91 Å². The zero-order chi connectivity index (χ0) is 35.2. The maximum absolute atomic E-state index is 13.3. The Morgan fingerprint density at radius 1 is 0.900 bits per heavy atom. The van der Waals surface area contributed by atoms with Crippen molar-refractivity contribution >= 4 is 28.3 Å². The molecule has 50 heavy (non-hydrogen) atoms. The van der Waals surface area contributed by atoms with Crippen molar-refractivity contribution in [1.82, 2.24) is 20.5 Å². The number of aromatic hydroxyl groups is 1. The molecular formula is C41H42N4O5. The van der Waals surface area contributed by atoms with Gasteiger partial charge in [-0.1, -0.05) is 85.8 Å². The number of phenolic OH excluding ortho intramolecular Hbond substituents is 1. The lowest BCUT2D eigenvalue weighted by Gasteiger charge is -2.29. The van der Waals surface area contributed by atoms with Gasteiger partial charge in [0.1, 0.15) is 11.8 Å². The number of nitrogens with one attached hydrogen (secondary N) is 3. The normalized spacial score (nSPS) is 14.9. The summed E-state index contributed by atoms with van der Waals surface area (Å²) in [7, 11) is 0. The summed E-state index contributed by atoms with van der Waals surface area (Å²) < 4.78 is 0. The van der Waals surface area contributed by atoms with E-state index in [0.717, 1.165) is 12.0 Å². The molecule has 0 saturated heterocycles. The monoisotopic (exact) mass is 670 g/mol. The highest BCUT2D eigenvalue weighted by Crippen LogP contribution is 2.30. The lowest BCUT2D eigenvalue weighted by molar-refractivity contribution is -0.132. The van der Waals surface area contributed by atoms with Crippen molar-refractivity contribution in [3.05, 3.63) is 153 Å². The molecule has 0 fully saturated rings. The summed E-state index contributed by atoms with van der Waals surface area (Å²) in [6, 6.07) is 31.5. The van der Waals surface area contributed by atoms with Gasteiger partial charge in [-0.15, -0.1) is 0 Å². The van der Waals surface area contributed by atoms with E-state index in [2.05, 4.69) is 77.1 Å². The average molecular weight is 671 g/mol. The number of benzene rings is 4. The summed E-state index contributed by atoms with van der Waals surface area (Å²) in [5.41, 5.74) is 6.82. The van der Waals surface area contributed by atoms with Crippen molar-refractivity contribution in [3.63, 3.8) is 0 Å². The molecule has 0 bridgehead atoms. The number of aromatic nitrogens is 1. The molecule has 0 saturated carbocycles. The van der Waals surface area contributed by atoms with Crippen LogP contribution in [0.2, 0.25) is 0 Å². The summed E-state index contributed by atoms with van der Waals surface area (Å²) in [6.45, 7) is 5.68. The molecule has 1 aliphatic heterocycles. The zero-order valence-corrected chi connectivity index (χ0v) is 28.2. The first kappa shape index (κ1) is 34.4. The minimum absolute atomic E-state index is 0.0613. The minimum atomic E-state index is -0.880. The second kappa shape index (κ2) is 15.4. The third kappa shape index (κ3) is 7.86. The van der Waals surface area contributed by atoms with Crippen LogP contribution >= 0.6 is 0 Å². The quantitative estimate of drug-likeness (QED) is 0.124. The fourth-order valence-electron chi connectivity index (χ4n) is 6.48. The van der Waals surface area contributed by atoms with Crippen molar-refractivity contribution in [2.75, 3.05) is 19.6 Å². The summed E-state index contributed by atoms with van der Waals surface area (Å²) in [6.07, 6.45) is 1.98. The number of carbonyl (C=O) groups excluding carboxylic acids is 2. The van der Waals surface area contributed by atoms with Gasteiger partial charge in [-0.3, -0.25) is 14.4 Å². The Kier molecular flexibility index (Phi) is 10.6. The van der Waals surface area contributed by atoms with Crippen molar-refractivity contribution < 1.29 is 19.8 Å². The van der Waals surface area contributed by atoms with Crippen LogP contribution < -0.4 is 16.2 Å². The van der Waals surface area contributed by atoms with E-state index < -0.39 is 12.1 Å². The van der Waals surface area contributed by atoms with Crippen LogP contribution in [0.5, 0.6) is 5.75 Å². The Hall–Kier alpha value is -5.51. The van der Waals surface area contributed by atoms with E-state index in [0.29, 0.717) is 36.1 Å². The van der Waals surface area contributed by atoms with Crippen LogP contribution in [-0.2, 0) is 11.3 Å². The molecule has 1 aliphatic rings. The van der Waals surface area contributed by atoms with Crippen LogP contribution in [0, 0.1) is 0 Å². The average Bonchev–Trinajstić information content (AvgIpc) is 3.15. The predicted octanol–water partition coefficient (Wildman–Crippen LogP) is 5.64. The van der Waals surface area contributed by atoms with Crippen molar-refractivity contribution in [3.8, 4) is 5.75 Å². The Morgan fingerprint density at radius 3 is 2.40 bits per heavy atom. The Labute approximate surface area is 291 Å². The fraction of sp³-hybridized carbons (Fsp3) is 0.244. The molecule has 2 heterocycles. The Bertz CT molecular complexity index is 2070. The topological polar surface area (TPSA) is 135 Å². The molecule has 9 heteroatoms. The first-order chi connectivity index (χ1) is 24.2. The van der Waals surface area contributed by atoms with Crippen LogP contribution in [0.15, 0.2) is 114 Å². The maximum Gasteiger partial charge on any atom is 0.251 e. The minimum Gasteiger partial charge on any atom is -0.506 e. The number of fused-ring (bicyclic) bond motifs is 1. The van der Waals surface area contributed by atoms with E-state index in [-0.39, 0.29) is 41.1 Å². The Morgan fingerprint density at radius 2 is 1.66 bits per heavy atom. The van der Waals surface area contributed by atoms with Gasteiger partial charge in [-0.2, -0.15) is 0 Å². The molecule has 4 aromatic carbocycles. The van der Waals surface area contributed by atoms with E-state index in [4.69, 9.17) is 0 Å². The number of aliphatic hydroxyl groups is 1. The van der Waals surface area contributed by atoms with E-state index in [9.17, 15) is 24.6 Å². The SMILES string of the molecule is CC(NC(=O)c1ccc(CNCC(O)c2ccc(O)c3[nH]c(=O)ccc23)cc1)C(=O)N1CC=C(c2cccc(C(C)c3ccccc3)c2)CC1. The summed E-state index contributed by atoms with van der Waals surface area (Å²) in [5, 5.41) is 27.5. The standard InChI is InChI=1S/C41H42N4O5/c1-26(29-7-4-3-5-8-29)32-9-6-10-33(23-32)30-19-21-45(22-20-30)41(50)27(2)43-40(49)31-13-11-28(12-14-31)24-42-25-37(47)34-15-17-36(46)39-35(34)16-18-38(48)44-39/h3-19,23,26-27,37,42,46-47H,20-22,24-25H2,1-2H3,(H,43,49)(H,44,48). The molecule has 9 nitrogen and oxygen atoms in total. The molecule has 0 radical (unpaired) electrons. The van der Waals surface area contributed by atoms with Gasteiger partial charge in [-0.05, 0) is 71.0 Å². The maximum atomic E-state index is 13.3. The Balaban J connectivity index is 0.984. The first-order valence-electron chi connectivity index (χ1n) is 16.9. The smallest absolute Gasteiger partial charge is 0.251 e. The third-order valence-corrected chi connectivity index (χ3v) is 9.44. The number of carbonyl (C=O) groups is 2. The van der Waals surface area contributed by atoms with Gasteiger partial charge in [-0.25, -0.2) is 0 Å². The molecule has 1 aromatic heterocycles. The van der Waals surface area contributed by atoms with Crippen molar-refractivity contribution in [2.24, 2.45) is 0 Å². The number of H-pyrrole nitrogens is 1. The highest BCUT2D eigenvalue weighted by Gasteiger charge is 2.25. The van der Waals surface area contributed by atoms with E-state index >= 15 is 0 Å². The number of amides is 2. The van der Waals surface area contributed by atoms with Gasteiger partial charge >= 0.3 is 0 Å². The number of rotatable bonds is 11. The van der Waals surface area contributed by atoms with Crippen LogP contribution in [0.3, 0.4) is 0 Å². The van der Waals surface area contributed by atoms with E-state index in [1.54, 1.807) is 36.1 Å². The molecule has 5 N–H and O–H groups in total. The molecule has 3 unspecified atom stereocenters. The molecular weight excluding hydrogens is 628 g/mol. The molecule has 3 atom stereocenters. The number of aromatic amines is 1. The summed E-state index contributed by atoms with van der Waals surface area (Å²) in [4.78, 5) is 42.3. The molecule has 0 spiro atoms. The molecule has 6 rings (SSSR count). The van der Waals surface area contributed by atoms with Crippen LogP contribution in [0.1, 0.15) is 70.5 Å². The van der Waals surface area contributed by atoms with E-state index in [1.807, 2.05) is 18.2 Å². The predicted molar refractivity (Wildman–Crippen MR) is 196 cm³/mol. The highest BCUT2D eigenvalue weighted by atomic mass is 16.3. The largest absolute Gasteiger partial charge is 0.506 e. The van der Waals surface area contributed by atoms with E-state index in [1.165, 1.54) is 34.4 Å². The second-order valence-electron chi connectivity index (χ2n) is 12.8. The van der Waals surface area contributed by atoms with Gasteiger partial charge < -0.3 is 30.7 Å². The van der Waals surface area contributed by atoms with Crippen LogP contribution in [-0.4, -0.2) is 57.6 Å². The number of aliphatic hydroxyl groups excluding tert-OH is 1. The first-order valence-corrected chi connectivity index (χ1v) is 16.9. The molecule has 0 aliphatic carbocycles. The highest BCUT2D eigenvalue weighted by molar-refractivity contribution is 5.97. The van der Waals surface area contributed by atoms with Gasteiger partial charge in [0.05, 0.1) is 11.6 Å². The van der Waals surface area contributed by atoms with Crippen molar-refractivity contribution in [2.45, 2.75) is 44.9 Å². The van der Waals surface area contributed by atoms with Gasteiger partial charge in [0, 0.05) is 49.1 Å². The number of hydrogen-bond acceptors (Lipinski definition) is 6. The zero-order valence-electron chi connectivity index (χ0n) is 28.2. The number of nitrogens with zero attached hydrogens (tertiary/aromatic N) is 1. The lowest BCUT2D eigenvalue weighted by atomic mass is 9.90. The molecule has 256 valence electrons. The van der Waals surface area contributed by atoms with Gasteiger partial charge in [0.2, 0.25) is 11.5 Å². The summed E-state index contributed by atoms with van der Waals surface area (Å²) >= 11 is 0. The van der Waals surface area contributed by atoms with Crippen LogP contribution in [0.4, 0.5) is 0 Å². The van der Waals surface area contributed by atoms with Gasteiger partial charge in [0.15, 0.2) is 0 Å². The second-order valence-corrected chi connectivity index (χ2v) is 12.8. The number of hydrogen-bond donors (Lipinski definition) is 5. The third-order valence-electron chi connectivity index (χ3n) is 9.44.